The normalized spacial score (nSPS) is 17.4. The van der Waals surface area contributed by atoms with Gasteiger partial charge in [-0.2, -0.15) is 0 Å². The Kier molecular flexibility index (Phi) is 8.26. The number of unbranched alkanes of at least 4 members (excludes halogenated alkanes) is 1. The molecule has 0 aliphatic carbocycles. The van der Waals surface area contributed by atoms with Gasteiger partial charge >= 0.3 is 0 Å². The molecule has 0 aromatic rings. The predicted molar refractivity (Wildman–Crippen MR) is 72.4 cm³/mol. The molecule has 0 N–H and O–H groups in total. The maximum Gasteiger partial charge on any atom is 0.0351 e. The van der Waals surface area contributed by atoms with Crippen molar-refractivity contribution >= 4 is 11.6 Å². The lowest BCUT2D eigenvalue weighted by Crippen LogP contribution is -2.31. The molecule has 96 valence electrons. The van der Waals surface area contributed by atoms with Crippen LogP contribution in [0.15, 0.2) is 0 Å². The van der Waals surface area contributed by atoms with E-state index in [1.807, 2.05) is 0 Å². The monoisotopic (exact) mass is 246 g/mol. The van der Waals surface area contributed by atoms with E-state index >= 15 is 0 Å². The highest BCUT2D eigenvalue weighted by molar-refractivity contribution is 6.18. The molecular weight excluding hydrogens is 220 g/mol. The van der Waals surface area contributed by atoms with Crippen molar-refractivity contribution < 1.29 is 0 Å². The van der Waals surface area contributed by atoms with Gasteiger partial charge in [-0.05, 0) is 58.4 Å². The average molecular weight is 247 g/mol. The Morgan fingerprint density at radius 1 is 1.06 bits per heavy atom. The van der Waals surface area contributed by atoms with Gasteiger partial charge < -0.3 is 9.80 Å². The standard InChI is InChI=1S/C13H27ClN2/c1-2-3-8-16(13-7-14)12-6-11-15-9-4-5-10-15/h2-13H2,1H3. The molecule has 0 radical (unpaired) electrons. The van der Waals surface area contributed by atoms with Gasteiger partial charge in [0.1, 0.15) is 0 Å². The van der Waals surface area contributed by atoms with Gasteiger partial charge in [0.15, 0.2) is 0 Å². The second-order valence-electron chi connectivity index (χ2n) is 4.79. The maximum absolute atomic E-state index is 5.83. The van der Waals surface area contributed by atoms with Crippen LogP contribution in [0.2, 0.25) is 0 Å². The summed E-state index contributed by atoms with van der Waals surface area (Å²) < 4.78 is 0. The second-order valence-corrected chi connectivity index (χ2v) is 5.16. The Morgan fingerprint density at radius 3 is 2.38 bits per heavy atom. The minimum Gasteiger partial charge on any atom is -0.303 e. The minimum absolute atomic E-state index is 0.771. The van der Waals surface area contributed by atoms with Crippen molar-refractivity contribution in [2.24, 2.45) is 0 Å². The van der Waals surface area contributed by atoms with Gasteiger partial charge in [-0.25, -0.2) is 0 Å². The van der Waals surface area contributed by atoms with Crippen molar-refractivity contribution in [3.05, 3.63) is 0 Å². The first-order chi connectivity index (χ1) is 7.86. The van der Waals surface area contributed by atoms with Crippen LogP contribution in [-0.2, 0) is 0 Å². The van der Waals surface area contributed by atoms with Gasteiger partial charge in [-0.1, -0.05) is 13.3 Å². The first kappa shape index (κ1) is 14.3. The molecule has 16 heavy (non-hydrogen) atoms. The van der Waals surface area contributed by atoms with E-state index in [1.54, 1.807) is 0 Å². The number of alkyl halides is 1. The van der Waals surface area contributed by atoms with Gasteiger partial charge in [0.05, 0.1) is 0 Å². The summed E-state index contributed by atoms with van der Waals surface area (Å²) in [6.07, 6.45) is 6.70. The van der Waals surface area contributed by atoms with Crippen LogP contribution in [-0.4, -0.2) is 54.9 Å². The fourth-order valence-corrected chi connectivity index (χ4v) is 2.60. The summed E-state index contributed by atoms with van der Waals surface area (Å²) in [6.45, 7) is 9.69. The Morgan fingerprint density at radius 2 is 1.75 bits per heavy atom. The lowest BCUT2D eigenvalue weighted by Gasteiger charge is -2.22. The van der Waals surface area contributed by atoms with Crippen LogP contribution < -0.4 is 0 Å². The van der Waals surface area contributed by atoms with Gasteiger partial charge in [0.2, 0.25) is 0 Å². The molecule has 0 bridgehead atoms. The van der Waals surface area contributed by atoms with Crippen LogP contribution in [0, 0.1) is 0 Å². The summed E-state index contributed by atoms with van der Waals surface area (Å²) in [5.41, 5.74) is 0. The number of nitrogens with zero attached hydrogens (tertiary/aromatic N) is 2. The van der Waals surface area contributed by atoms with Crippen LogP contribution in [0.4, 0.5) is 0 Å². The van der Waals surface area contributed by atoms with Gasteiger partial charge in [0.25, 0.3) is 0 Å². The maximum atomic E-state index is 5.83. The highest BCUT2D eigenvalue weighted by atomic mass is 35.5. The molecule has 0 spiro atoms. The average Bonchev–Trinajstić information content (AvgIpc) is 2.79. The summed E-state index contributed by atoms with van der Waals surface area (Å²) >= 11 is 5.83. The quantitative estimate of drug-likeness (QED) is 0.578. The molecule has 0 aromatic carbocycles. The van der Waals surface area contributed by atoms with Crippen LogP contribution in [0.25, 0.3) is 0 Å². The molecule has 1 heterocycles. The Balaban J connectivity index is 2.05. The lowest BCUT2D eigenvalue weighted by molar-refractivity contribution is 0.252. The number of hydrogen-bond acceptors (Lipinski definition) is 2. The first-order valence-corrected chi connectivity index (χ1v) is 7.41. The summed E-state index contributed by atoms with van der Waals surface area (Å²) in [6, 6.07) is 0. The van der Waals surface area contributed by atoms with E-state index in [1.165, 1.54) is 64.8 Å². The Bertz CT molecular complexity index is 158. The van der Waals surface area contributed by atoms with Crippen molar-refractivity contribution in [3.63, 3.8) is 0 Å². The Labute approximate surface area is 106 Å². The smallest absolute Gasteiger partial charge is 0.0351 e. The van der Waals surface area contributed by atoms with Gasteiger partial charge in [-0.15, -0.1) is 11.6 Å². The van der Waals surface area contributed by atoms with Crippen molar-refractivity contribution in [2.45, 2.75) is 39.0 Å². The van der Waals surface area contributed by atoms with E-state index < -0.39 is 0 Å². The Hall–Kier alpha value is 0.210. The van der Waals surface area contributed by atoms with E-state index in [0.29, 0.717) is 0 Å². The van der Waals surface area contributed by atoms with Crippen molar-refractivity contribution in [3.8, 4) is 0 Å². The molecule has 1 saturated heterocycles. The molecule has 1 rings (SSSR count). The lowest BCUT2D eigenvalue weighted by atomic mass is 10.3. The summed E-state index contributed by atoms with van der Waals surface area (Å²) in [5.74, 6) is 0.771. The van der Waals surface area contributed by atoms with Gasteiger partial charge in [0, 0.05) is 12.4 Å². The predicted octanol–water partition coefficient (Wildman–Crippen LogP) is 2.81. The zero-order valence-corrected chi connectivity index (χ0v) is 11.5. The molecular formula is C13H27ClN2. The zero-order chi connectivity index (χ0) is 11.6. The molecule has 1 fully saturated rings. The SMILES string of the molecule is CCCCN(CCCl)CCCN1CCCC1. The third kappa shape index (κ3) is 6.07. The summed E-state index contributed by atoms with van der Waals surface area (Å²) in [4.78, 5) is 5.12. The largest absolute Gasteiger partial charge is 0.303 e. The molecule has 0 saturated carbocycles. The second kappa shape index (κ2) is 9.26. The van der Waals surface area contributed by atoms with Crippen LogP contribution >= 0.6 is 11.6 Å². The highest BCUT2D eigenvalue weighted by Gasteiger charge is 2.11. The fraction of sp³-hybridized carbons (Fsp3) is 1.00. The highest BCUT2D eigenvalue weighted by Crippen LogP contribution is 2.08. The molecule has 0 atom stereocenters. The molecule has 2 nitrogen and oxygen atoms in total. The number of halogens is 1. The van der Waals surface area contributed by atoms with Gasteiger partial charge in [-0.3, -0.25) is 0 Å². The van der Waals surface area contributed by atoms with E-state index in [2.05, 4.69) is 16.7 Å². The molecule has 0 amide bonds. The summed E-state index contributed by atoms with van der Waals surface area (Å²) in [5, 5.41) is 0. The number of likely N-dealkylation sites (tertiary alicyclic amines) is 1. The summed E-state index contributed by atoms with van der Waals surface area (Å²) in [7, 11) is 0. The van der Waals surface area contributed by atoms with Crippen molar-refractivity contribution in [2.75, 3.05) is 45.1 Å². The number of hydrogen-bond donors (Lipinski definition) is 0. The molecule has 0 aromatic heterocycles. The topological polar surface area (TPSA) is 6.48 Å². The first-order valence-electron chi connectivity index (χ1n) is 6.87. The molecule has 1 aliphatic heterocycles. The number of rotatable bonds is 9. The van der Waals surface area contributed by atoms with Crippen LogP contribution in [0.1, 0.15) is 39.0 Å². The van der Waals surface area contributed by atoms with E-state index in [4.69, 9.17) is 11.6 Å². The van der Waals surface area contributed by atoms with Crippen LogP contribution in [0.3, 0.4) is 0 Å². The zero-order valence-electron chi connectivity index (χ0n) is 10.8. The van der Waals surface area contributed by atoms with Crippen LogP contribution in [0.5, 0.6) is 0 Å². The third-order valence-corrected chi connectivity index (χ3v) is 3.55. The van der Waals surface area contributed by atoms with Crippen molar-refractivity contribution in [1.82, 2.24) is 9.80 Å². The molecule has 3 heteroatoms. The van der Waals surface area contributed by atoms with E-state index in [-0.39, 0.29) is 0 Å². The van der Waals surface area contributed by atoms with E-state index in [0.717, 1.165) is 12.4 Å². The minimum atomic E-state index is 0.771. The molecule has 1 aliphatic rings. The van der Waals surface area contributed by atoms with Crippen molar-refractivity contribution in [1.29, 1.82) is 0 Å². The fourth-order valence-electron chi connectivity index (χ4n) is 2.36. The van der Waals surface area contributed by atoms with E-state index in [9.17, 15) is 0 Å². The molecule has 0 unspecified atom stereocenters. The third-order valence-electron chi connectivity index (χ3n) is 3.38.